The third-order valence-corrected chi connectivity index (χ3v) is 5.56. The molecular weight excluding hydrogens is 403 g/mol. The highest BCUT2D eigenvalue weighted by atomic mass is 19.1. The molecule has 1 unspecified atom stereocenters. The molecule has 0 saturated carbocycles. The van der Waals surface area contributed by atoms with Gasteiger partial charge in [-0.25, -0.2) is 18.7 Å². The van der Waals surface area contributed by atoms with Crippen LogP contribution in [-0.4, -0.2) is 26.3 Å². The summed E-state index contributed by atoms with van der Waals surface area (Å²) in [6.07, 6.45) is 1.75. The Balaban J connectivity index is 1.45. The number of aryl methyl sites for hydroxylation is 3. The van der Waals surface area contributed by atoms with E-state index in [0.29, 0.717) is 42.8 Å². The van der Waals surface area contributed by atoms with E-state index < -0.39 is 5.63 Å². The van der Waals surface area contributed by atoms with Crippen molar-refractivity contribution in [2.45, 2.75) is 52.2 Å². The van der Waals surface area contributed by atoms with Gasteiger partial charge in [0.15, 0.2) is 0 Å². The molecule has 0 spiro atoms. The van der Waals surface area contributed by atoms with Gasteiger partial charge in [0.1, 0.15) is 17.4 Å². The van der Waals surface area contributed by atoms with Crippen LogP contribution in [0, 0.1) is 19.7 Å². The summed E-state index contributed by atoms with van der Waals surface area (Å²) in [6.45, 7) is 4.00. The third kappa shape index (κ3) is 4.35. The monoisotopic (exact) mass is 426 g/mol. The van der Waals surface area contributed by atoms with Gasteiger partial charge in [-0.3, -0.25) is 9.36 Å². The fourth-order valence-corrected chi connectivity index (χ4v) is 3.99. The lowest BCUT2D eigenvalue weighted by atomic mass is 10.1. The van der Waals surface area contributed by atoms with Gasteiger partial charge in [0.05, 0.1) is 12.1 Å². The Morgan fingerprint density at radius 2 is 1.97 bits per heavy atom. The fraction of sp³-hybridized carbons (Fsp3) is 0.364. The van der Waals surface area contributed by atoms with Crippen LogP contribution in [-0.2, 0) is 19.5 Å². The van der Waals surface area contributed by atoms with E-state index in [-0.39, 0.29) is 35.8 Å². The van der Waals surface area contributed by atoms with Crippen LogP contribution >= 0.6 is 0 Å². The summed E-state index contributed by atoms with van der Waals surface area (Å²) in [5.74, 6) is 0.333. The predicted octanol–water partition coefficient (Wildman–Crippen LogP) is 1.94. The molecule has 0 bridgehead atoms. The molecule has 0 saturated heterocycles. The van der Waals surface area contributed by atoms with Crippen LogP contribution < -0.4 is 16.6 Å². The second-order valence-electron chi connectivity index (χ2n) is 7.81. The summed E-state index contributed by atoms with van der Waals surface area (Å²) < 4.78 is 21.2. The summed E-state index contributed by atoms with van der Waals surface area (Å²) in [6, 6.07) is 7.14. The molecule has 0 fully saturated rings. The second-order valence-corrected chi connectivity index (χ2v) is 7.81. The van der Waals surface area contributed by atoms with Gasteiger partial charge in [-0.2, -0.15) is 5.10 Å². The molecule has 1 aromatic carbocycles. The van der Waals surface area contributed by atoms with Crippen molar-refractivity contribution < 1.29 is 13.6 Å². The van der Waals surface area contributed by atoms with Crippen molar-refractivity contribution in [1.82, 2.24) is 19.7 Å². The molecule has 1 atom stereocenters. The van der Waals surface area contributed by atoms with E-state index in [2.05, 4.69) is 10.4 Å². The van der Waals surface area contributed by atoms with Crippen molar-refractivity contribution in [3.8, 4) is 0 Å². The number of nitrogens with zero attached hydrogens (tertiary/aromatic N) is 3. The topological polar surface area (TPSA) is 99.1 Å². The molecule has 1 amide bonds. The quantitative estimate of drug-likeness (QED) is 0.687. The Morgan fingerprint density at radius 3 is 2.68 bits per heavy atom. The van der Waals surface area contributed by atoms with E-state index in [0.717, 1.165) is 5.56 Å². The molecule has 2 aromatic heterocycles. The summed E-state index contributed by atoms with van der Waals surface area (Å²) in [5.41, 5.74) is 1.02. The van der Waals surface area contributed by atoms with Gasteiger partial charge >= 0.3 is 11.3 Å². The van der Waals surface area contributed by atoms with Gasteiger partial charge in [0, 0.05) is 25.1 Å². The van der Waals surface area contributed by atoms with E-state index in [1.54, 1.807) is 30.5 Å². The highest BCUT2D eigenvalue weighted by molar-refractivity contribution is 5.96. The molecule has 1 aliphatic rings. The van der Waals surface area contributed by atoms with E-state index in [1.807, 2.05) is 0 Å². The van der Waals surface area contributed by atoms with Crippen molar-refractivity contribution in [3.05, 3.63) is 85.3 Å². The zero-order chi connectivity index (χ0) is 22.1. The van der Waals surface area contributed by atoms with Crippen LogP contribution in [0.25, 0.3) is 0 Å². The molecule has 0 radical (unpaired) electrons. The average molecular weight is 426 g/mol. The number of hydrogen-bond donors (Lipinski definition) is 1. The summed E-state index contributed by atoms with van der Waals surface area (Å²) >= 11 is 0. The Kier molecular flexibility index (Phi) is 5.58. The number of carbonyl (C=O) groups excluding carboxylic acids is 1. The Labute approximate surface area is 177 Å². The van der Waals surface area contributed by atoms with Crippen LogP contribution in [0.5, 0.6) is 0 Å². The molecule has 1 aliphatic heterocycles. The third-order valence-electron chi connectivity index (χ3n) is 5.56. The fourth-order valence-electron chi connectivity index (χ4n) is 3.99. The van der Waals surface area contributed by atoms with Gasteiger partial charge in [-0.15, -0.1) is 0 Å². The van der Waals surface area contributed by atoms with Crippen molar-refractivity contribution in [1.29, 1.82) is 0 Å². The van der Waals surface area contributed by atoms with Crippen molar-refractivity contribution in [2.75, 3.05) is 0 Å². The molecule has 31 heavy (non-hydrogen) atoms. The van der Waals surface area contributed by atoms with E-state index in [9.17, 15) is 18.8 Å². The van der Waals surface area contributed by atoms with Crippen LogP contribution in [0.4, 0.5) is 4.39 Å². The molecule has 9 heteroatoms. The number of hydrogen-bond acceptors (Lipinski definition) is 5. The van der Waals surface area contributed by atoms with Crippen molar-refractivity contribution in [2.24, 2.45) is 0 Å². The zero-order valence-corrected chi connectivity index (χ0v) is 17.4. The van der Waals surface area contributed by atoms with Gasteiger partial charge in [0.2, 0.25) is 0 Å². The number of rotatable bonds is 4. The normalized spacial score (nSPS) is 15.9. The molecule has 8 nitrogen and oxygen atoms in total. The first kappa shape index (κ1) is 20.8. The van der Waals surface area contributed by atoms with E-state index in [4.69, 9.17) is 4.42 Å². The maximum absolute atomic E-state index is 13.1. The molecule has 3 heterocycles. The van der Waals surface area contributed by atoms with Gasteiger partial charge in [0.25, 0.3) is 5.91 Å². The Morgan fingerprint density at radius 1 is 1.23 bits per heavy atom. The number of nitrogens with one attached hydrogen (secondary N) is 1. The van der Waals surface area contributed by atoms with Crippen LogP contribution in [0.1, 0.15) is 45.9 Å². The number of amides is 1. The van der Waals surface area contributed by atoms with Gasteiger partial charge in [-0.05, 0) is 49.9 Å². The van der Waals surface area contributed by atoms with Crippen molar-refractivity contribution in [3.63, 3.8) is 0 Å². The summed E-state index contributed by atoms with van der Waals surface area (Å²) in [4.78, 5) is 37.0. The van der Waals surface area contributed by atoms with Gasteiger partial charge < -0.3 is 9.73 Å². The number of fused-ring (bicyclic) bond motifs is 1. The summed E-state index contributed by atoms with van der Waals surface area (Å²) in [7, 11) is 0. The average Bonchev–Trinajstić information content (AvgIpc) is 2.86. The summed E-state index contributed by atoms with van der Waals surface area (Å²) in [5, 5.41) is 7.44. The smallest absolute Gasteiger partial charge is 0.346 e. The minimum atomic E-state index is -0.483. The van der Waals surface area contributed by atoms with Gasteiger partial charge in [-0.1, -0.05) is 12.1 Å². The van der Waals surface area contributed by atoms with E-state index >= 15 is 0 Å². The molecule has 4 rings (SSSR count). The standard InChI is InChI=1S/C22H23FN4O4/c1-13-11-19(28)31-14(2)20(13)21(29)24-17-7-8-18-25-27(22(30)26(18)10-9-17)12-15-3-5-16(23)6-4-15/h3-6,11,17H,7-10,12H2,1-2H3,(H,24,29). The van der Waals surface area contributed by atoms with E-state index in [1.165, 1.54) is 22.9 Å². The minimum absolute atomic E-state index is 0.134. The number of halogens is 1. The lowest BCUT2D eigenvalue weighted by Crippen LogP contribution is -2.36. The minimum Gasteiger partial charge on any atom is -0.427 e. The molecule has 0 aliphatic carbocycles. The zero-order valence-electron chi connectivity index (χ0n) is 17.4. The first-order valence-corrected chi connectivity index (χ1v) is 10.1. The largest absolute Gasteiger partial charge is 0.427 e. The lowest BCUT2D eigenvalue weighted by Gasteiger charge is -2.17. The Bertz CT molecular complexity index is 1210. The lowest BCUT2D eigenvalue weighted by molar-refractivity contribution is 0.0928. The number of aromatic nitrogens is 3. The second kappa shape index (κ2) is 8.33. The first-order valence-electron chi connectivity index (χ1n) is 10.1. The Hall–Kier alpha value is -3.49. The van der Waals surface area contributed by atoms with Crippen LogP contribution in [0.3, 0.4) is 0 Å². The molecular formula is C22H23FN4O4. The SMILES string of the molecule is Cc1cc(=O)oc(C)c1C(=O)NC1CCc2nn(Cc3ccc(F)cc3)c(=O)n2CC1. The predicted molar refractivity (Wildman–Crippen MR) is 111 cm³/mol. The highest BCUT2D eigenvalue weighted by Crippen LogP contribution is 2.16. The first-order chi connectivity index (χ1) is 14.8. The van der Waals surface area contributed by atoms with Crippen LogP contribution in [0.2, 0.25) is 0 Å². The van der Waals surface area contributed by atoms with Crippen molar-refractivity contribution >= 4 is 5.91 Å². The number of benzene rings is 1. The highest BCUT2D eigenvalue weighted by Gasteiger charge is 2.24. The molecule has 3 aromatic rings. The maximum Gasteiger partial charge on any atom is 0.346 e. The maximum atomic E-state index is 13.1. The number of carbonyl (C=O) groups is 1. The molecule has 1 N–H and O–H groups in total. The van der Waals surface area contributed by atoms with Crippen LogP contribution in [0.15, 0.2) is 44.3 Å². The molecule has 162 valence electrons.